The Labute approximate surface area is 141 Å². The molecule has 3 rings (SSSR count). The van der Waals surface area contributed by atoms with Crippen molar-refractivity contribution in [1.29, 1.82) is 0 Å². The summed E-state index contributed by atoms with van der Waals surface area (Å²) in [6, 6.07) is 26.5. The average molecular weight is 318 g/mol. The number of benzene rings is 3. The van der Waals surface area contributed by atoms with Crippen molar-refractivity contribution in [2.75, 3.05) is 12.1 Å². The van der Waals surface area contributed by atoms with Gasteiger partial charge in [0.2, 0.25) is 0 Å². The average Bonchev–Trinajstić information content (AvgIpc) is 2.67. The highest BCUT2D eigenvalue weighted by Crippen LogP contribution is 2.23. The summed E-state index contributed by atoms with van der Waals surface area (Å²) in [5.74, 6) is 0.440. The molecule has 3 aromatic carbocycles. The first-order chi connectivity index (χ1) is 11.8. The first kappa shape index (κ1) is 15.6. The minimum Gasteiger partial charge on any atom is -0.497 e. The van der Waals surface area contributed by atoms with Gasteiger partial charge in [-0.1, -0.05) is 42.5 Å². The number of carbonyl (C=O) groups is 1. The number of hydrazine groups is 1. The van der Waals surface area contributed by atoms with E-state index in [0.717, 1.165) is 11.4 Å². The lowest BCUT2D eigenvalue weighted by atomic mass is 10.2. The molecule has 0 aliphatic carbocycles. The highest BCUT2D eigenvalue weighted by Gasteiger charge is 2.14. The van der Waals surface area contributed by atoms with Crippen molar-refractivity contribution in [2.45, 2.75) is 0 Å². The molecule has 0 heterocycles. The lowest BCUT2D eigenvalue weighted by Crippen LogP contribution is -2.38. The number of ether oxygens (including phenoxy) is 1. The Morgan fingerprint density at radius 2 is 1.42 bits per heavy atom. The predicted molar refractivity (Wildman–Crippen MR) is 95.5 cm³/mol. The largest absolute Gasteiger partial charge is 0.497 e. The van der Waals surface area contributed by atoms with Crippen molar-refractivity contribution < 1.29 is 9.53 Å². The first-order valence-electron chi connectivity index (χ1n) is 7.63. The Morgan fingerprint density at radius 3 is 1.96 bits per heavy atom. The second-order valence-corrected chi connectivity index (χ2v) is 5.18. The fraction of sp³-hybridized carbons (Fsp3) is 0.0500. The van der Waals surface area contributed by atoms with Crippen LogP contribution in [0.5, 0.6) is 5.75 Å². The molecular formula is C20H18N2O2. The molecule has 3 aromatic rings. The molecular weight excluding hydrogens is 300 g/mol. The van der Waals surface area contributed by atoms with E-state index in [-0.39, 0.29) is 5.91 Å². The van der Waals surface area contributed by atoms with Crippen molar-refractivity contribution in [1.82, 2.24) is 5.43 Å². The van der Waals surface area contributed by atoms with Gasteiger partial charge >= 0.3 is 0 Å². The van der Waals surface area contributed by atoms with Gasteiger partial charge in [-0.05, 0) is 42.5 Å². The van der Waals surface area contributed by atoms with Crippen molar-refractivity contribution in [2.24, 2.45) is 0 Å². The molecule has 0 saturated heterocycles. The van der Waals surface area contributed by atoms with Crippen LogP contribution in [0.25, 0.3) is 0 Å². The van der Waals surface area contributed by atoms with Crippen LogP contribution < -0.4 is 15.2 Å². The second-order valence-electron chi connectivity index (χ2n) is 5.18. The first-order valence-corrected chi connectivity index (χ1v) is 7.63. The molecule has 24 heavy (non-hydrogen) atoms. The normalized spacial score (nSPS) is 10.0. The summed E-state index contributed by atoms with van der Waals surface area (Å²) in [6.07, 6.45) is 0. The van der Waals surface area contributed by atoms with Crippen LogP contribution in [0.2, 0.25) is 0 Å². The highest BCUT2D eigenvalue weighted by atomic mass is 16.5. The summed E-state index contributed by atoms with van der Waals surface area (Å²) in [4.78, 5) is 12.7. The monoisotopic (exact) mass is 318 g/mol. The van der Waals surface area contributed by atoms with Gasteiger partial charge in [-0.2, -0.15) is 0 Å². The van der Waals surface area contributed by atoms with Crippen LogP contribution in [-0.2, 0) is 0 Å². The van der Waals surface area contributed by atoms with Gasteiger partial charge in [-0.25, -0.2) is 0 Å². The Hall–Kier alpha value is -3.27. The third kappa shape index (κ3) is 3.55. The molecule has 0 saturated carbocycles. The number of nitrogens with one attached hydrogen (secondary N) is 1. The van der Waals surface area contributed by atoms with E-state index in [2.05, 4.69) is 5.43 Å². The third-order valence-corrected chi connectivity index (χ3v) is 3.57. The number of amides is 1. The van der Waals surface area contributed by atoms with Gasteiger partial charge < -0.3 is 4.74 Å². The SMILES string of the molecule is COc1cccc(C(=O)NN(c2ccccc2)c2ccccc2)c1. The number of carbonyl (C=O) groups excluding carboxylic acids is 1. The van der Waals surface area contributed by atoms with Crippen LogP contribution >= 0.6 is 0 Å². The predicted octanol–water partition coefficient (Wildman–Crippen LogP) is 4.18. The standard InChI is InChI=1S/C20H18N2O2/c1-24-19-14-8-9-16(15-19)20(23)21-22(17-10-4-2-5-11-17)18-12-6-3-7-13-18/h2-15H,1H3,(H,21,23). The van der Waals surface area contributed by atoms with E-state index in [1.807, 2.05) is 66.7 Å². The molecule has 0 aromatic heterocycles. The van der Waals surface area contributed by atoms with Crippen LogP contribution in [-0.4, -0.2) is 13.0 Å². The van der Waals surface area contributed by atoms with Crippen LogP contribution in [0.3, 0.4) is 0 Å². The molecule has 0 aliphatic heterocycles. The fourth-order valence-corrected chi connectivity index (χ4v) is 2.36. The van der Waals surface area contributed by atoms with Crippen molar-refractivity contribution in [3.05, 3.63) is 90.5 Å². The number of para-hydroxylation sites is 2. The Balaban J connectivity index is 1.91. The molecule has 120 valence electrons. The molecule has 1 N–H and O–H groups in total. The van der Waals surface area contributed by atoms with Crippen LogP contribution in [0.4, 0.5) is 11.4 Å². The summed E-state index contributed by atoms with van der Waals surface area (Å²) >= 11 is 0. The topological polar surface area (TPSA) is 41.6 Å². The molecule has 4 heteroatoms. The molecule has 0 spiro atoms. The number of hydrogen-bond acceptors (Lipinski definition) is 3. The van der Waals surface area contributed by atoms with Crippen LogP contribution in [0, 0.1) is 0 Å². The molecule has 0 radical (unpaired) electrons. The van der Waals surface area contributed by atoms with Crippen LogP contribution in [0.15, 0.2) is 84.9 Å². The van der Waals surface area contributed by atoms with Crippen molar-refractivity contribution >= 4 is 17.3 Å². The maximum atomic E-state index is 12.7. The third-order valence-electron chi connectivity index (χ3n) is 3.57. The van der Waals surface area contributed by atoms with Gasteiger partial charge in [0, 0.05) is 5.56 Å². The van der Waals surface area contributed by atoms with E-state index in [1.54, 1.807) is 30.3 Å². The number of rotatable bonds is 5. The van der Waals surface area contributed by atoms with Gasteiger partial charge in [-0.3, -0.25) is 15.2 Å². The molecule has 0 fully saturated rings. The zero-order valence-electron chi connectivity index (χ0n) is 13.3. The van der Waals surface area contributed by atoms with Gasteiger partial charge in [0.05, 0.1) is 18.5 Å². The highest BCUT2D eigenvalue weighted by molar-refractivity contribution is 5.96. The smallest absolute Gasteiger partial charge is 0.270 e. The number of methoxy groups -OCH3 is 1. The number of anilines is 2. The lowest BCUT2D eigenvalue weighted by Gasteiger charge is -2.25. The van der Waals surface area contributed by atoms with E-state index in [1.165, 1.54) is 0 Å². The van der Waals surface area contributed by atoms with E-state index in [0.29, 0.717) is 11.3 Å². The Kier molecular flexibility index (Phi) is 4.77. The summed E-state index contributed by atoms with van der Waals surface area (Å²) in [5.41, 5.74) is 5.24. The van der Waals surface area contributed by atoms with Crippen molar-refractivity contribution in [3.8, 4) is 5.75 Å². The zero-order chi connectivity index (χ0) is 16.8. The second kappa shape index (κ2) is 7.33. The molecule has 0 aliphatic rings. The molecule has 4 nitrogen and oxygen atoms in total. The summed E-state index contributed by atoms with van der Waals surface area (Å²) < 4.78 is 5.19. The van der Waals surface area contributed by atoms with Crippen LogP contribution in [0.1, 0.15) is 10.4 Å². The van der Waals surface area contributed by atoms with Gasteiger partial charge in [0.1, 0.15) is 5.75 Å². The van der Waals surface area contributed by atoms with E-state index in [4.69, 9.17) is 4.74 Å². The van der Waals surface area contributed by atoms with E-state index >= 15 is 0 Å². The van der Waals surface area contributed by atoms with Gasteiger partial charge in [-0.15, -0.1) is 0 Å². The minimum absolute atomic E-state index is 0.207. The number of nitrogens with zero attached hydrogens (tertiary/aromatic N) is 1. The fourth-order valence-electron chi connectivity index (χ4n) is 2.36. The van der Waals surface area contributed by atoms with E-state index in [9.17, 15) is 4.79 Å². The minimum atomic E-state index is -0.207. The zero-order valence-corrected chi connectivity index (χ0v) is 13.3. The molecule has 1 amide bonds. The summed E-state index contributed by atoms with van der Waals surface area (Å²) in [6.45, 7) is 0. The van der Waals surface area contributed by atoms with Gasteiger partial charge in [0.15, 0.2) is 0 Å². The lowest BCUT2D eigenvalue weighted by molar-refractivity contribution is 0.0953. The summed E-state index contributed by atoms with van der Waals surface area (Å²) in [7, 11) is 1.58. The molecule has 0 bridgehead atoms. The summed E-state index contributed by atoms with van der Waals surface area (Å²) in [5, 5.41) is 1.77. The molecule has 0 unspecified atom stereocenters. The van der Waals surface area contributed by atoms with Crippen molar-refractivity contribution in [3.63, 3.8) is 0 Å². The van der Waals surface area contributed by atoms with Gasteiger partial charge in [0.25, 0.3) is 5.91 Å². The maximum absolute atomic E-state index is 12.7. The quantitative estimate of drug-likeness (QED) is 0.718. The van der Waals surface area contributed by atoms with E-state index < -0.39 is 0 Å². The maximum Gasteiger partial charge on any atom is 0.270 e. The Bertz CT molecular complexity index is 765. The molecule has 0 atom stereocenters. The number of hydrogen-bond donors (Lipinski definition) is 1. The Morgan fingerprint density at radius 1 is 0.833 bits per heavy atom.